The quantitative estimate of drug-likeness (QED) is 0.459. The van der Waals surface area contributed by atoms with Crippen LogP contribution in [0.25, 0.3) is 0 Å². The van der Waals surface area contributed by atoms with E-state index in [0.717, 1.165) is 6.07 Å². The summed E-state index contributed by atoms with van der Waals surface area (Å²) in [5, 5.41) is 16.3. The summed E-state index contributed by atoms with van der Waals surface area (Å²) in [5.41, 5.74) is 0.403. The van der Waals surface area contributed by atoms with Crippen LogP contribution in [0.15, 0.2) is 66.7 Å². The number of nitrogens with one attached hydrogen (secondary N) is 2. The Kier molecular flexibility index (Phi) is 5.85. The van der Waals surface area contributed by atoms with Crippen molar-refractivity contribution < 1.29 is 18.9 Å². The van der Waals surface area contributed by atoms with Crippen molar-refractivity contribution >= 4 is 40.5 Å². The van der Waals surface area contributed by atoms with Crippen LogP contribution in [0.3, 0.4) is 0 Å². The summed E-state index contributed by atoms with van der Waals surface area (Å²) in [5.74, 6) is -1.66. The zero-order valence-electron chi connectivity index (χ0n) is 14.7. The molecule has 0 aliphatic carbocycles. The van der Waals surface area contributed by atoms with Gasteiger partial charge in [0.05, 0.1) is 16.2 Å². The zero-order valence-corrected chi connectivity index (χ0v) is 15.4. The van der Waals surface area contributed by atoms with E-state index < -0.39 is 22.6 Å². The van der Waals surface area contributed by atoms with Gasteiger partial charge in [-0.2, -0.15) is 0 Å². The second-order valence-corrected chi connectivity index (χ2v) is 6.35. The van der Waals surface area contributed by atoms with Gasteiger partial charge in [0.1, 0.15) is 5.82 Å². The lowest BCUT2D eigenvalue weighted by molar-refractivity contribution is -0.384. The average molecular weight is 414 g/mol. The molecule has 3 aromatic carbocycles. The van der Waals surface area contributed by atoms with Crippen molar-refractivity contribution in [2.75, 3.05) is 10.6 Å². The first-order chi connectivity index (χ1) is 13.8. The molecule has 29 heavy (non-hydrogen) atoms. The molecular weight excluding hydrogens is 401 g/mol. The molecule has 0 bridgehead atoms. The number of halogens is 2. The van der Waals surface area contributed by atoms with Crippen molar-refractivity contribution in [3.05, 3.63) is 98.8 Å². The van der Waals surface area contributed by atoms with Crippen molar-refractivity contribution in [1.29, 1.82) is 0 Å². The lowest BCUT2D eigenvalue weighted by Crippen LogP contribution is -2.18. The molecule has 146 valence electrons. The summed E-state index contributed by atoms with van der Waals surface area (Å²) in [4.78, 5) is 35.4. The average Bonchev–Trinajstić information content (AvgIpc) is 2.71. The molecule has 0 saturated carbocycles. The van der Waals surface area contributed by atoms with Crippen LogP contribution in [-0.2, 0) is 0 Å². The third-order valence-corrected chi connectivity index (χ3v) is 4.13. The fraction of sp³-hybridized carbons (Fsp3) is 0. The SMILES string of the molecule is O=C(Nc1ccc(Cl)cc1C(=O)Nc1ccc(F)cc1)c1cccc([N+](=O)[O-])c1. The lowest BCUT2D eigenvalue weighted by Gasteiger charge is -2.12. The van der Waals surface area contributed by atoms with E-state index in [2.05, 4.69) is 10.6 Å². The molecule has 0 aliphatic heterocycles. The number of non-ortho nitro benzene ring substituents is 1. The maximum Gasteiger partial charge on any atom is 0.270 e. The van der Waals surface area contributed by atoms with Crippen LogP contribution in [0, 0.1) is 15.9 Å². The number of anilines is 2. The van der Waals surface area contributed by atoms with Gasteiger partial charge < -0.3 is 10.6 Å². The van der Waals surface area contributed by atoms with Crippen molar-refractivity contribution in [1.82, 2.24) is 0 Å². The molecule has 7 nitrogen and oxygen atoms in total. The number of carbonyl (C=O) groups is 2. The third-order valence-electron chi connectivity index (χ3n) is 3.90. The predicted octanol–water partition coefficient (Wildman–Crippen LogP) is 4.89. The monoisotopic (exact) mass is 413 g/mol. The summed E-state index contributed by atoms with van der Waals surface area (Å²) in [6.45, 7) is 0. The number of carbonyl (C=O) groups excluding carboxylic acids is 2. The Bertz CT molecular complexity index is 1100. The Morgan fingerprint density at radius 2 is 1.66 bits per heavy atom. The van der Waals surface area contributed by atoms with E-state index in [1.54, 1.807) is 0 Å². The van der Waals surface area contributed by atoms with E-state index in [0.29, 0.717) is 5.69 Å². The van der Waals surface area contributed by atoms with Gasteiger partial charge in [0.25, 0.3) is 17.5 Å². The minimum atomic E-state index is -0.633. The fourth-order valence-corrected chi connectivity index (χ4v) is 2.67. The van der Waals surface area contributed by atoms with E-state index in [1.165, 1.54) is 60.7 Å². The van der Waals surface area contributed by atoms with Crippen molar-refractivity contribution in [3.63, 3.8) is 0 Å². The van der Waals surface area contributed by atoms with Gasteiger partial charge in [-0.3, -0.25) is 19.7 Å². The maximum absolute atomic E-state index is 13.0. The van der Waals surface area contributed by atoms with E-state index in [-0.39, 0.29) is 27.5 Å². The van der Waals surface area contributed by atoms with Gasteiger partial charge in [-0.1, -0.05) is 17.7 Å². The predicted molar refractivity (Wildman–Crippen MR) is 107 cm³/mol. The minimum Gasteiger partial charge on any atom is -0.322 e. The summed E-state index contributed by atoms with van der Waals surface area (Å²) in [7, 11) is 0. The molecule has 0 atom stereocenters. The molecule has 0 radical (unpaired) electrons. The third kappa shape index (κ3) is 4.94. The molecule has 0 aromatic heterocycles. The van der Waals surface area contributed by atoms with Crippen molar-refractivity contribution in [2.24, 2.45) is 0 Å². The lowest BCUT2D eigenvalue weighted by atomic mass is 10.1. The molecule has 3 aromatic rings. The highest BCUT2D eigenvalue weighted by Crippen LogP contribution is 2.23. The van der Waals surface area contributed by atoms with Gasteiger partial charge in [-0.05, 0) is 48.5 Å². The number of nitrogens with zero attached hydrogens (tertiary/aromatic N) is 1. The molecule has 0 unspecified atom stereocenters. The Morgan fingerprint density at radius 1 is 0.931 bits per heavy atom. The summed E-state index contributed by atoms with van der Waals surface area (Å²) in [6.07, 6.45) is 0. The molecular formula is C20H13ClFN3O4. The first-order valence-electron chi connectivity index (χ1n) is 8.26. The number of nitro groups is 1. The first kappa shape index (κ1) is 20.0. The standard InChI is InChI=1S/C20H13ClFN3O4/c21-13-4-9-18(24-19(26)12-2-1-3-16(10-12)25(28)29)17(11-13)20(27)23-15-7-5-14(22)6-8-15/h1-11H,(H,23,27)(H,24,26). The number of amides is 2. The Balaban J connectivity index is 1.85. The van der Waals surface area contributed by atoms with Gasteiger partial charge in [0.2, 0.25) is 0 Å². The second kappa shape index (κ2) is 8.49. The highest BCUT2D eigenvalue weighted by Gasteiger charge is 2.17. The van der Waals surface area contributed by atoms with Crippen LogP contribution in [0.2, 0.25) is 5.02 Å². The van der Waals surface area contributed by atoms with E-state index in [4.69, 9.17) is 11.6 Å². The van der Waals surface area contributed by atoms with E-state index >= 15 is 0 Å². The van der Waals surface area contributed by atoms with Crippen LogP contribution >= 0.6 is 11.6 Å². The van der Waals surface area contributed by atoms with Crippen molar-refractivity contribution in [3.8, 4) is 0 Å². The molecule has 3 rings (SSSR count). The number of hydrogen-bond acceptors (Lipinski definition) is 4. The maximum atomic E-state index is 13.0. The van der Waals surface area contributed by atoms with Crippen LogP contribution in [0.1, 0.15) is 20.7 Å². The molecule has 0 heterocycles. The van der Waals surface area contributed by atoms with Crippen LogP contribution in [0.5, 0.6) is 0 Å². The normalized spacial score (nSPS) is 10.3. The van der Waals surface area contributed by atoms with Gasteiger partial charge in [0, 0.05) is 28.4 Å². The van der Waals surface area contributed by atoms with E-state index in [9.17, 15) is 24.1 Å². The number of hydrogen-bond donors (Lipinski definition) is 2. The summed E-state index contributed by atoms with van der Waals surface area (Å²) in [6, 6.07) is 14.6. The van der Waals surface area contributed by atoms with Crippen LogP contribution in [-0.4, -0.2) is 16.7 Å². The molecule has 0 saturated heterocycles. The molecule has 9 heteroatoms. The smallest absolute Gasteiger partial charge is 0.270 e. The molecule has 0 fully saturated rings. The Morgan fingerprint density at radius 3 is 2.34 bits per heavy atom. The molecule has 0 aliphatic rings. The Labute approximate surface area is 169 Å². The summed E-state index contributed by atoms with van der Waals surface area (Å²) >= 11 is 5.98. The molecule has 2 N–H and O–H groups in total. The van der Waals surface area contributed by atoms with Gasteiger partial charge in [-0.25, -0.2) is 4.39 Å². The summed E-state index contributed by atoms with van der Waals surface area (Å²) < 4.78 is 13.0. The molecule has 2 amide bonds. The first-order valence-corrected chi connectivity index (χ1v) is 8.63. The van der Waals surface area contributed by atoms with E-state index in [1.807, 2.05) is 0 Å². The van der Waals surface area contributed by atoms with Crippen LogP contribution in [0.4, 0.5) is 21.5 Å². The van der Waals surface area contributed by atoms with Crippen LogP contribution < -0.4 is 10.6 Å². The Hall–Kier alpha value is -3.78. The second-order valence-electron chi connectivity index (χ2n) is 5.91. The highest BCUT2D eigenvalue weighted by molar-refractivity contribution is 6.31. The topological polar surface area (TPSA) is 101 Å². The van der Waals surface area contributed by atoms with Gasteiger partial charge in [-0.15, -0.1) is 0 Å². The molecule has 0 spiro atoms. The highest BCUT2D eigenvalue weighted by atomic mass is 35.5. The van der Waals surface area contributed by atoms with Crippen molar-refractivity contribution in [2.45, 2.75) is 0 Å². The van der Waals surface area contributed by atoms with Gasteiger partial charge in [0.15, 0.2) is 0 Å². The number of benzene rings is 3. The largest absolute Gasteiger partial charge is 0.322 e. The van der Waals surface area contributed by atoms with Gasteiger partial charge >= 0.3 is 0 Å². The zero-order chi connectivity index (χ0) is 21.0. The fourth-order valence-electron chi connectivity index (χ4n) is 2.50. The number of rotatable bonds is 5. The number of nitro benzene ring substituents is 1. The minimum absolute atomic E-state index is 0.0547.